The van der Waals surface area contributed by atoms with Crippen molar-refractivity contribution in [1.82, 2.24) is 0 Å². The van der Waals surface area contributed by atoms with E-state index in [0.717, 1.165) is 5.75 Å². The molecule has 1 heterocycles. The summed E-state index contributed by atoms with van der Waals surface area (Å²) in [6.07, 6.45) is 0. The zero-order valence-corrected chi connectivity index (χ0v) is 23.1. The van der Waals surface area contributed by atoms with Crippen molar-refractivity contribution in [2.45, 2.75) is 65.5 Å². The van der Waals surface area contributed by atoms with Crippen molar-refractivity contribution < 1.29 is 55.4 Å². The van der Waals surface area contributed by atoms with Gasteiger partial charge in [0.2, 0.25) is 8.32 Å². The van der Waals surface area contributed by atoms with Gasteiger partial charge >= 0.3 is 26.2 Å². The number of anilines is 1. The monoisotopic (exact) mass is 504 g/mol. The molecule has 0 fully saturated rings. The molecule has 0 saturated carbocycles. The summed E-state index contributed by atoms with van der Waals surface area (Å²) in [6.45, 7) is 18.3. The Kier molecular flexibility index (Phi) is 8.47. The van der Waals surface area contributed by atoms with E-state index in [1.165, 1.54) is 22.5 Å². The molecule has 1 aliphatic rings. The van der Waals surface area contributed by atoms with Crippen molar-refractivity contribution in [2.24, 2.45) is 0 Å². The van der Waals surface area contributed by atoms with Crippen LogP contribution in [0, 0.1) is 0 Å². The molecule has 3 rings (SSSR count). The summed E-state index contributed by atoms with van der Waals surface area (Å²) < 4.78 is 6.43. The van der Waals surface area contributed by atoms with Crippen molar-refractivity contribution in [1.29, 1.82) is 0 Å². The molecule has 143 valence electrons. The Balaban J connectivity index is 0.00000208. The van der Waals surface area contributed by atoms with Gasteiger partial charge in [0, 0.05) is 19.3 Å². The molecule has 1 atom stereocenters. The van der Waals surface area contributed by atoms with Gasteiger partial charge in [0.1, 0.15) is 5.75 Å². The van der Waals surface area contributed by atoms with E-state index in [1.54, 1.807) is 10.4 Å². The number of rotatable bonds is 4. The maximum Gasteiger partial charge on any atom is 3.00 e. The number of nitrogens with one attached hydrogen (secondary N) is 1. The molecule has 2 aromatic rings. The minimum absolute atomic E-state index is 0. The molecule has 0 bridgehead atoms. The van der Waals surface area contributed by atoms with Crippen molar-refractivity contribution in [3.05, 3.63) is 18.2 Å². The van der Waals surface area contributed by atoms with Crippen LogP contribution in [-0.4, -0.2) is 21.9 Å². The Morgan fingerprint density at radius 3 is 2.19 bits per heavy atom. The van der Waals surface area contributed by atoms with Gasteiger partial charge in [-0.2, -0.15) is 10.4 Å². The van der Waals surface area contributed by atoms with E-state index in [4.69, 9.17) is 4.43 Å². The first-order valence-corrected chi connectivity index (χ1v) is 14.8. The van der Waals surface area contributed by atoms with Gasteiger partial charge in [0.05, 0.1) is 0 Å². The van der Waals surface area contributed by atoms with Gasteiger partial charge in [0.25, 0.3) is 0 Å². The van der Waals surface area contributed by atoms with Crippen molar-refractivity contribution in [2.75, 3.05) is 5.32 Å². The Morgan fingerprint density at radius 2 is 1.73 bits per heavy atom. The van der Waals surface area contributed by atoms with Gasteiger partial charge in [-0.1, -0.05) is 25.6 Å². The van der Waals surface area contributed by atoms with Crippen LogP contribution in [0.15, 0.2) is 18.2 Å². The van der Waals surface area contributed by atoms with Crippen LogP contribution in [-0.2, 0) is 26.2 Å². The third kappa shape index (κ3) is 4.83. The molecule has 1 unspecified atom stereocenters. The van der Waals surface area contributed by atoms with Crippen molar-refractivity contribution in [3.8, 4) is 5.75 Å². The van der Waals surface area contributed by atoms with E-state index in [0.29, 0.717) is 0 Å². The van der Waals surface area contributed by atoms with Crippen LogP contribution in [0.3, 0.4) is 0 Å². The standard InChI is InChI=1S/C19H30NOSi2.2ClH.Zr/c1-9-23(8)15-12-13-10-11-14(21-22(5,6)7)17(16(13)18(15)23)20-19(2,3)4;;;/h10-12,20H,9H2,1-8H3;2*1H;/q-1;;;+3/p-2. The van der Waals surface area contributed by atoms with Gasteiger partial charge in [-0.25, -0.2) is 0 Å². The fourth-order valence-electron chi connectivity index (χ4n) is 3.51. The summed E-state index contributed by atoms with van der Waals surface area (Å²) in [5.41, 5.74) is 1.25. The average Bonchev–Trinajstić information content (AvgIpc) is 2.78. The first-order chi connectivity index (χ1) is 10.5. The normalized spacial score (nSPS) is 18.2. The smallest absolute Gasteiger partial charge is 1.00 e. The fourth-order valence-corrected chi connectivity index (χ4v) is 8.08. The molecule has 2 aromatic carbocycles. The van der Waals surface area contributed by atoms with Gasteiger partial charge in [-0.05, 0) is 40.4 Å². The van der Waals surface area contributed by atoms with E-state index in [-0.39, 0.29) is 56.6 Å². The van der Waals surface area contributed by atoms with Gasteiger partial charge in [-0.15, -0.1) is 22.9 Å². The van der Waals surface area contributed by atoms with Gasteiger partial charge in [0.15, 0.2) is 0 Å². The molecule has 0 amide bonds. The summed E-state index contributed by atoms with van der Waals surface area (Å²) in [4.78, 5) is 0. The van der Waals surface area contributed by atoms with Crippen LogP contribution in [0.2, 0.25) is 32.2 Å². The fraction of sp³-hybridized carbons (Fsp3) is 0.526. The van der Waals surface area contributed by atoms with Crippen LogP contribution in [0.25, 0.3) is 10.8 Å². The number of benzene rings is 1. The number of hydrogen-bond donors (Lipinski definition) is 1. The zero-order chi connectivity index (χ0) is 17.2. The third-order valence-electron chi connectivity index (χ3n) is 4.73. The van der Waals surface area contributed by atoms with Crippen molar-refractivity contribution >= 4 is 43.2 Å². The summed E-state index contributed by atoms with van der Waals surface area (Å²) in [7, 11) is -2.92. The summed E-state index contributed by atoms with van der Waals surface area (Å²) in [5, 5.41) is 9.91. The van der Waals surface area contributed by atoms with Gasteiger partial charge < -0.3 is 34.6 Å². The third-order valence-corrected chi connectivity index (χ3v) is 9.93. The van der Waals surface area contributed by atoms with Crippen LogP contribution >= 0.6 is 0 Å². The molecular weight excluding hydrogens is 477 g/mol. The molecule has 0 spiro atoms. The Hall–Kier alpha value is 0.327. The summed E-state index contributed by atoms with van der Waals surface area (Å²) in [5.74, 6) is 1.04. The minimum Gasteiger partial charge on any atom is -1.00 e. The van der Waals surface area contributed by atoms with E-state index in [9.17, 15) is 0 Å². The summed E-state index contributed by atoms with van der Waals surface area (Å²) >= 11 is 0. The van der Waals surface area contributed by atoms with E-state index >= 15 is 0 Å². The first-order valence-electron chi connectivity index (χ1n) is 8.71. The van der Waals surface area contributed by atoms with Crippen LogP contribution in [0.1, 0.15) is 27.7 Å². The Bertz CT molecular complexity index is 780. The molecule has 0 aliphatic carbocycles. The predicted molar refractivity (Wildman–Crippen MR) is 108 cm³/mol. The Labute approximate surface area is 192 Å². The van der Waals surface area contributed by atoms with Crippen LogP contribution in [0.5, 0.6) is 5.75 Å². The Morgan fingerprint density at radius 1 is 1.15 bits per heavy atom. The van der Waals surface area contributed by atoms with Gasteiger partial charge in [-0.3, -0.25) is 0 Å². The molecule has 26 heavy (non-hydrogen) atoms. The second-order valence-electron chi connectivity index (χ2n) is 9.11. The molecule has 0 saturated heterocycles. The zero-order valence-electron chi connectivity index (χ0n) is 17.1. The van der Waals surface area contributed by atoms with Crippen LogP contribution in [0.4, 0.5) is 5.69 Å². The van der Waals surface area contributed by atoms with Crippen molar-refractivity contribution in [3.63, 3.8) is 0 Å². The molecule has 1 N–H and O–H groups in total. The second kappa shape index (κ2) is 8.37. The topological polar surface area (TPSA) is 21.3 Å². The van der Waals surface area contributed by atoms with E-state index in [1.807, 2.05) is 0 Å². The first kappa shape index (κ1) is 26.3. The van der Waals surface area contributed by atoms with Crippen LogP contribution < -0.4 is 44.9 Å². The molecule has 7 heteroatoms. The molecule has 0 aromatic heterocycles. The molecule has 1 aliphatic heterocycles. The second-order valence-corrected chi connectivity index (χ2v) is 17.9. The summed E-state index contributed by atoms with van der Waals surface area (Å²) in [6, 6.07) is 8.15. The molecular formula is C19H30Cl2NOSi2Zr. The maximum atomic E-state index is 6.43. The SMILES string of the molecule is CC[Si]1(C)c2[cH-]c3ccc(O[Si](C)(C)C)c(NC(C)(C)C)c3c21.[Cl-].[Cl-].[Zr+3]. The van der Waals surface area contributed by atoms with E-state index < -0.39 is 16.4 Å². The quantitative estimate of drug-likeness (QED) is 0.403. The molecule has 2 nitrogen and oxygen atoms in total. The molecule has 1 radical (unpaired) electrons. The average molecular weight is 507 g/mol. The predicted octanol–water partition coefficient (Wildman–Crippen LogP) is -1.49. The maximum absolute atomic E-state index is 6.43. The largest absolute Gasteiger partial charge is 3.00 e. The number of halogens is 2. The number of fused-ring (bicyclic) bond motifs is 3. The van der Waals surface area contributed by atoms with E-state index in [2.05, 4.69) is 77.4 Å². The minimum atomic E-state index is -1.64. The number of hydrogen-bond acceptors (Lipinski definition) is 2.